The minimum atomic E-state index is -0.486. The van der Waals surface area contributed by atoms with E-state index < -0.39 is 5.82 Å². The Kier molecular flexibility index (Phi) is 9.79. The van der Waals surface area contributed by atoms with Gasteiger partial charge in [0, 0.05) is 30.9 Å². The van der Waals surface area contributed by atoms with E-state index in [4.69, 9.17) is 0 Å². The van der Waals surface area contributed by atoms with Crippen LogP contribution >= 0.6 is 11.8 Å². The summed E-state index contributed by atoms with van der Waals surface area (Å²) in [5, 5.41) is 0.950. The number of hydrogen-bond donors (Lipinski definition) is 0. The van der Waals surface area contributed by atoms with Crippen LogP contribution in [0, 0.1) is 5.82 Å². The molecule has 30 heavy (non-hydrogen) atoms. The van der Waals surface area contributed by atoms with E-state index in [0.717, 1.165) is 47.8 Å². The van der Waals surface area contributed by atoms with Crippen molar-refractivity contribution in [3.05, 3.63) is 47.9 Å². The summed E-state index contributed by atoms with van der Waals surface area (Å²) in [6.45, 7) is 10.6. The van der Waals surface area contributed by atoms with Gasteiger partial charge in [-0.2, -0.15) is 0 Å². The predicted octanol–water partition coefficient (Wildman–Crippen LogP) is 5.58. The summed E-state index contributed by atoms with van der Waals surface area (Å²) >= 11 is 1.67. The molecule has 1 atom stereocenters. The van der Waals surface area contributed by atoms with Crippen molar-refractivity contribution in [2.75, 3.05) is 32.4 Å². The van der Waals surface area contributed by atoms with Crippen molar-refractivity contribution >= 4 is 17.7 Å². The van der Waals surface area contributed by atoms with Crippen molar-refractivity contribution in [2.45, 2.75) is 51.6 Å². The van der Waals surface area contributed by atoms with Gasteiger partial charge in [-0.05, 0) is 62.9 Å². The lowest BCUT2D eigenvalue weighted by Crippen LogP contribution is -2.46. The van der Waals surface area contributed by atoms with Crippen LogP contribution in [0.15, 0.2) is 41.6 Å². The molecular weight excluding hydrogens is 397 g/mol. The molecule has 0 aliphatic heterocycles. The first kappa shape index (κ1) is 24.4. The molecule has 1 unspecified atom stereocenters. The monoisotopic (exact) mass is 431 g/mol. The molecule has 0 saturated heterocycles. The fourth-order valence-electron chi connectivity index (χ4n) is 3.66. The Labute approximate surface area is 184 Å². The first-order valence-electron chi connectivity index (χ1n) is 10.8. The molecule has 1 aromatic heterocycles. The van der Waals surface area contributed by atoms with Crippen LogP contribution in [-0.4, -0.2) is 59.2 Å². The van der Waals surface area contributed by atoms with Crippen molar-refractivity contribution in [3.63, 3.8) is 0 Å². The molecule has 6 heteroatoms. The second kappa shape index (κ2) is 12.1. The highest BCUT2D eigenvalue weighted by Crippen LogP contribution is 2.25. The molecule has 0 aliphatic carbocycles. The highest BCUT2D eigenvalue weighted by Gasteiger charge is 2.25. The number of benzene rings is 1. The summed E-state index contributed by atoms with van der Waals surface area (Å²) < 4.78 is 15.0. The van der Waals surface area contributed by atoms with E-state index in [0.29, 0.717) is 6.54 Å². The molecule has 164 valence electrons. The Balaban J connectivity index is 2.21. The quantitative estimate of drug-likeness (QED) is 0.435. The van der Waals surface area contributed by atoms with Gasteiger partial charge in [-0.1, -0.05) is 32.9 Å². The van der Waals surface area contributed by atoms with Crippen LogP contribution in [0.4, 0.5) is 4.39 Å². The van der Waals surface area contributed by atoms with Crippen LogP contribution in [0.3, 0.4) is 0 Å². The zero-order chi connectivity index (χ0) is 22.1. The Hall–Kier alpha value is -1.92. The maximum atomic E-state index is 15.0. The number of hydrogen-bond acceptors (Lipinski definition) is 4. The lowest BCUT2D eigenvalue weighted by Gasteiger charge is -2.33. The van der Waals surface area contributed by atoms with Gasteiger partial charge in [0.05, 0.1) is 10.6 Å². The lowest BCUT2D eigenvalue weighted by atomic mass is 10.0. The number of aromatic nitrogens is 1. The van der Waals surface area contributed by atoms with Crippen LogP contribution in [0.2, 0.25) is 0 Å². The molecule has 0 bridgehead atoms. The zero-order valence-electron chi connectivity index (χ0n) is 18.8. The normalized spacial score (nSPS) is 12.2. The standard InChI is InChI=1S/C24H34FN3OS/c1-6-14-27(5)17-20(7-2)28(8-3)24(29)21-12-10-18(15-22(21)25)19-11-13-23(26-16-19)30-9-4/h10-13,15-16,20H,6-9,14,17H2,1-5H3. The lowest BCUT2D eigenvalue weighted by molar-refractivity contribution is 0.0641. The van der Waals surface area contributed by atoms with Gasteiger partial charge in [0.2, 0.25) is 0 Å². The molecule has 4 nitrogen and oxygen atoms in total. The maximum Gasteiger partial charge on any atom is 0.257 e. The molecule has 0 spiro atoms. The molecule has 1 amide bonds. The Morgan fingerprint density at radius 1 is 1.13 bits per heavy atom. The first-order chi connectivity index (χ1) is 14.4. The molecule has 0 aliphatic rings. The van der Waals surface area contributed by atoms with Crippen molar-refractivity contribution < 1.29 is 9.18 Å². The number of carbonyl (C=O) groups excluding carboxylic acids is 1. The van der Waals surface area contributed by atoms with Crippen molar-refractivity contribution in [3.8, 4) is 11.1 Å². The molecule has 0 radical (unpaired) electrons. The third kappa shape index (κ3) is 6.29. The smallest absolute Gasteiger partial charge is 0.257 e. The summed E-state index contributed by atoms with van der Waals surface area (Å²) in [6, 6.07) is 8.79. The Morgan fingerprint density at radius 3 is 2.40 bits per heavy atom. The number of likely N-dealkylation sites (N-methyl/N-ethyl adjacent to an activating group) is 2. The third-order valence-electron chi connectivity index (χ3n) is 5.20. The third-order valence-corrected chi connectivity index (χ3v) is 6.03. The van der Waals surface area contributed by atoms with E-state index >= 15 is 0 Å². The molecule has 1 aromatic carbocycles. The van der Waals surface area contributed by atoms with Gasteiger partial charge in [-0.15, -0.1) is 11.8 Å². The predicted molar refractivity (Wildman–Crippen MR) is 125 cm³/mol. The highest BCUT2D eigenvalue weighted by molar-refractivity contribution is 7.99. The Bertz CT molecular complexity index is 813. The second-order valence-corrected chi connectivity index (χ2v) is 8.71. The molecular formula is C24H34FN3OS. The SMILES string of the molecule is CCCN(C)CC(CC)N(CC)C(=O)c1ccc(-c2ccc(SCC)nc2)cc1F. The molecule has 0 saturated carbocycles. The highest BCUT2D eigenvalue weighted by atomic mass is 32.2. The van der Waals surface area contributed by atoms with Crippen molar-refractivity contribution in [1.82, 2.24) is 14.8 Å². The van der Waals surface area contributed by atoms with Crippen LogP contribution in [0.1, 0.15) is 50.9 Å². The van der Waals surface area contributed by atoms with Crippen LogP contribution < -0.4 is 0 Å². The van der Waals surface area contributed by atoms with E-state index in [9.17, 15) is 9.18 Å². The van der Waals surface area contributed by atoms with Gasteiger partial charge in [0.25, 0.3) is 5.91 Å². The van der Waals surface area contributed by atoms with Gasteiger partial charge < -0.3 is 9.80 Å². The largest absolute Gasteiger partial charge is 0.335 e. The van der Waals surface area contributed by atoms with Crippen molar-refractivity contribution in [2.24, 2.45) is 0 Å². The number of carbonyl (C=O) groups is 1. The zero-order valence-corrected chi connectivity index (χ0v) is 19.6. The van der Waals surface area contributed by atoms with Crippen molar-refractivity contribution in [1.29, 1.82) is 0 Å². The average Bonchev–Trinajstić information content (AvgIpc) is 2.74. The number of thioether (sulfide) groups is 1. The fourth-order valence-corrected chi connectivity index (χ4v) is 4.24. The van der Waals surface area contributed by atoms with Gasteiger partial charge in [0.1, 0.15) is 5.82 Å². The molecule has 0 N–H and O–H groups in total. The van der Waals surface area contributed by atoms with Crippen LogP contribution in [0.25, 0.3) is 11.1 Å². The fraction of sp³-hybridized carbons (Fsp3) is 0.500. The van der Waals surface area contributed by atoms with Gasteiger partial charge >= 0.3 is 0 Å². The van der Waals surface area contributed by atoms with Gasteiger partial charge in [-0.3, -0.25) is 4.79 Å². The summed E-state index contributed by atoms with van der Waals surface area (Å²) in [5.74, 6) is 0.226. The summed E-state index contributed by atoms with van der Waals surface area (Å²) in [4.78, 5) is 21.6. The Morgan fingerprint density at radius 2 is 1.87 bits per heavy atom. The molecule has 1 heterocycles. The second-order valence-electron chi connectivity index (χ2n) is 7.43. The topological polar surface area (TPSA) is 36.4 Å². The number of nitrogens with zero attached hydrogens (tertiary/aromatic N) is 3. The molecule has 0 fully saturated rings. The summed E-state index contributed by atoms with van der Waals surface area (Å²) in [5.41, 5.74) is 1.69. The van der Waals surface area contributed by atoms with E-state index in [1.807, 2.05) is 19.1 Å². The van der Waals surface area contributed by atoms with Crippen LogP contribution in [0.5, 0.6) is 0 Å². The average molecular weight is 432 g/mol. The first-order valence-corrected chi connectivity index (χ1v) is 11.8. The minimum absolute atomic E-state index is 0.0611. The van der Waals surface area contributed by atoms with E-state index in [1.165, 1.54) is 6.07 Å². The maximum absolute atomic E-state index is 15.0. The number of halogens is 1. The van der Waals surface area contributed by atoms with Crippen LogP contribution in [-0.2, 0) is 0 Å². The minimum Gasteiger partial charge on any atom is -0.335 e. The summed E-state index contributed by atoms with van der Waals surface area (Å²) in [6.07, 6.45) is 3.65. The van der Waals surface area contributed by atoms with Gasteiger partial charge in [-0.25, -0.2) is 9.37 Å². The van der Waals surface area contributed by atoms with E-state index in [-0.39, 0.29) is 17.5 Å². The summed E-state index contributed by atoms with van der Waals surface area (Å²) in [7, 11) is 2.07. The van der Waals surface area contributed by atoms with E-state index in [2.05, 4.69) is 37.7 Å². The van der Waals surface area contributed by atoms with Gasteiger partial charge in [0.15, 0.2) is 0 Å². The number of rotatable bonds is 11. The number of pyridine rings is 1. The van der Waals surface area contributed by atoms with E-state index in [1.54, 1.807) is 35.0 Å². The molecule has 2 rings (SSSR count). The number of amides is 1. The molecule has 2 aromatic rings.